The monoisotopic (exact) mass is 833 g/mol. The molecule has 0 radical (unpaired) electrons. The molecule has 0 saturated carbocycles. The zero-order valence-electron chi connectivity index (χ0n) is 33.8. The van der Waals surface area contributed by atoms with E-state index in [1.807, 2.05) is 54.6 Å². The van der Waals surface area contributed by atoms with Crippen molar-refractivity contribution in [3.63, 3.8) is 0 Å². The second kappa shape index (κ2) is 17.7. The highest BCUT2D eigenvalue weighted by atomic mass is 16.5. The van der Waals surface area contributed by atoms with Gasteiger partial charge in [-0.05, 0) is 129 Å². The molecule has 61 heavy (non-hydrogen) atoms. The predicted molar refractivity (Wildman–Crippen MR) is 222 cm³/mol. The van der Waals surface area contributed by atoms with Crippen LogP contribution in [0.1, 0.15) is 53.0 Å². The lowest BCUT2D eigenvalue weighted by atomic mass is 9.87. The van der Waals surface area contributed by atoms with Crippen LogP contribution in [0.3, 0.4) is 0 Å². The van der Waals surface area contributed by atoms with Crippen molar-refractivity contribution >= 4 is 50.8 Å². The Bertz CT molecular complexity index is 2250. The number of hydrogen-bond acceptors (Lipinski definition) is 13. The van der Waals surface area contributed by atoms with Crippen molar-refractivity contribution in [2.45, 2.75) is 58.2 Å². The number of nitrogens with zero attached hydrogens (tertiary/aromatic N) is 4. The molecule has 3 saturated heterocycles. The van der Waals surface area contributed by atoms with E-state index in [1.165, 1.54) is 0 Å². The van der Waals surface area contributed by atoms with E-state index in [0.717, 1.165) is 71.7 Å². The van der Waals surface area contributed by atoms with E-state index in [0.29, 0.717) is 92.4 Å². The first-order valence-corrected chi connectivity index (χ1v) is 21.3. The highest BCUT2D eigenvalue weighted by molar-refractivity contribution is 5.83. The van der Waals surface area contributed by atoms with Gasteiger partial charge in [-0.1, -0.05) is 33.7 Å². The summed E-state index contributed by atoms with van der Waals surface area (Å²) >= 11 is 0. The molecule has 320 valence electrons. The van der Waals surface area contributed by atoms with Gasteiger partial charge in [0.05, 0.1) is 34.8 Å². The summed E-state index contributed by atoms with van der Waals surface area (Å²) in [4.78, 5) is 39.0. The van der Waals surface area contributed by atoms with Gasteiger partial charge in [0.2, 0.25) is 0 Å². The summed E-state index contributed by atoms with van der Waals surface area (Å²) in [6, 6.07) is 17.8. The van der Waals surface area contributed by atoms with Crippen molar-refractivity contribution in [3.8, 4) is 0 Å². The molecule has 0 unspecified atom stereocenters. The van der Waals surface area contributed by atoms with Crippen LogP contribution in [-0.4, -0.2) is 92.9 Å². The number of carbonyl (C=O) groups is 3. The van der Waals surface area contributed by atoms with Gasteiger partial charge in [0.15, 0.2) is 16.7 Å². The Morgan fingerprint density at radius 1 is 0.541 bits per heavy atom. The number of benzene rings is 3. The Morgan fingerprint density at radius 2 is 0.852 bits per heavy atom. The summed E-state index contributed by atoms with van der Waals surface area (Å²) in [6.07, 6.45) is 3.32. The molecule has 9 rings (SSSR count). The van der Waals surface area contributed by atoms with E-state index in [1.54, 1.807) is 0 Å². The second-order valence-electron chi connectivity index (χ2n) is 17.2. The molecule has 0 aliphatic carbocycles. The van der Waals surface area contributed by atoms with Crippen LogP contribution in [0.2, 0.25) is 0 Å². The Hall–Kier alpha value is -5.68. The highest BCUT2D eigenvalue weighted by Gasteiger charge is 2.34. The fourth-order valence-electron chi connectivity index (χ4n) is 9.83. The number of hydrogen-bond donors (Lipinski definition) is 6. The van der Waals surface area contributed by atoms with Crippen molar-refractivity contribution < 1.29 is 43.3 Å². The Kier molecular flexibility index (Phi) is 11.8. The van der Waals surface area contributed by atoms with Crippen molar-refractivity contribution in [3.05, 3.63) is 88.4 Å². The molecule has 6 aromatic rings. The molecule has 6 atom stereocenters. The lowest BCUT2D eigenvalue weighted by molar-refractivity contribution is -0.144. The van der Waals surface area contributed by atoms with E-state index in [9.17, 15) is 29.7 Å². The predicted octanol–water partition coefficient (Wildman–Crippen LogP) is 4.87. The Morgan fingerprint density at radius 3 is 1.11 bits per heavy atom. The van der Waals surface area contributed by atoms with E-state index < -0.39 is 35.7 Å². The van der Waals surface area contributed by atoms with Crippen molar-refractivity contribution in [1.29, 1.82) is 0 Å². The molecule has 6 N–H and O–H groups in total. The van der Waals surface area contributed by atoms with Gasteiger partial charge in [-0.25, -0.2) is 0 Å². The van der Waals surface area contributed by atoms with Crippen LogP contribution >= 0.6 is 0 Å². The smallest absolute Gasteiger partial charge is 0.307 e. The van der Waals surface area contributed by atoms with Crippen LogP contribution in [0.25, 0.3) is 32.9 Å². The number of carboxylic acids is 3. The molecule has 3 aliphatic heterocycles. The zero-order chi connectivity index (χ0) is 42.0. The third-order valence-corrected chi connectivity index (χ3v) is 13.2. The third kappa shape index (κ3) is 8.89. The molecule has 3 aromatic heterocycles. The second-order valence-corrected chi connectivity index (χ2v) is 17.2. The van der Waals surface area contributed by atoms with E-state index in [-0.39, 0.29) is 17.8 Å². The van der Waals surface area contributed by atoms with E-state index in [2.05, 4.69) is 36.3 Å². The number of aliphatic carboxylic acids is 3. The first-order valence-electron chi connectivity index (χ1n) is 21.3. The standard InChI is InChI=1S/C45H51N7O9/c53-43(54)34(28-7-10-46-19-28)16-37-31-4-1-25(13-40(31)59-49-37)22-52(23-26-2-5-32-38(50-60-41(32)14-26)17-35(44(55)56)29-8-11-47-20-29)24-27-3-6-33-39(51-61-42(33)15-27)18-36(45(57)58)30-9-12-48-21-30/h1-6,13-15,28-30,34-36,46-48H,7-12,16-24H2,(H,53,54)(H,55,56)(H,57,58)/t28-,29-,30-,34-,35-,36-/m0/s1. The number of rotatable bonds is 18. The SMILES string of the molecule is O=C(O)[C@@H](Cc1noc2cc(CN(Cc3ccc4c(C[C@H](C(=O)O)[C@H]5CCNC5)noc4c3)Cc3ccc4c(C[C@H](C(=O)O)[C@H]5CCNC5)noc4c3)ccc12)[C@H]1CCNC1. The van der Waals surface area contributed by atoms with Gasteiger partial charge in [-0.15, -0.1) is 0 Å². The summed E-state index contributed by atoms with van der Waals surface area (Å²) in [7, 11) is 0. The maximum absolute atomic E-state index is 12.2. The van der Waals surface area contributed by atoms with E-state index >= 15 is 0 Å². The molecule has 0 spiro atoms. The van der Waals surface area contributed by atoms with Crippen molar-refractivity contribution in [1.82, 2.24) is 36.3 Å². The molecule has 16 heteroatoms. The molecular weight excluding hydrogens is 783 g/mol. The summed E-state index contributed by atoms with van der Waals surface area (Å²) in [5.74, 6) is -4.03. The fourth-order valence-corrected chi connectivity index (χ4v) is 9.83. The average molecular weight is 834 g/mol. The minimum absolute atomic E-state index is 0.0369. The maximum Gasteiger partial charge on any atom is 0.307 e. The normalized spacial score (nSPS) is 20.9. The average Bonchev–Trinajstić information content (AvgIpc) is 4.11. The van der Waals surface area contributed by atoms with Crippen LogP contribution in [-0.2, 0) is 53.3 Å². The summed E-state index contributed by atoms with van der Waals surface area (Å²) in [5, 5.41) is 55.3. The number of nitrogens with one attached hydrogen (secondary N) is 3. The highest BCUT2D eigenvalue weighted by Crippen LogP contribution is 2.32. The van der Waals surface area contributed by atoms with Gasteiger partial charge < -0.3 is 44.8 Å². The molecule has 3 fully saturated rings. The lowest BCUT2D eigenvalue weighted by Gasteiger charge is -2.23. The molecule has 6 heterocycles. The zero-order valence-corrected chi connectivity index (χ0v) is 33.8. The van der Waals surface area contributed by atoms with Crippen LogP contribution in [0.15, 0.2) is 68.2 Å². The number of carboxylic acid groups (broad SMARTS) is 3. The molecule has 16 nitrogen and oxygen atoms in total. The van der Waals surface area contributed by atoms with Crippen LogP contribution in [0.4, 0.5) is 0 Å². The van der Waals surface area contributed by atoms with Crippen LogP contribution in [0, 0.1) is 35.5 Å². The van der Waals surface area contributed by atoms with Gasteiger partial charge in [0, 0.05) is 55.1 Å². The van der Waals surface area contributed by atoms with Gasteiger partial charge in [-0.2, -0.15) is 0 Å². The summed E-state index contributed by atoms with van der Waals surface area (Å²) < 4.78 is 17.4. The van der Waals surface area contributed by atoms with Gasteiger partial charge in [0.1, 0.15) is 0 Å². The molecule has 3 aromatic carbocycles. The van der Waals surface area contributed by atoms with Crippen LogP contribution < -0.4 is 16.0 Å². The first kappa shape index (κ1) is 40.7. The topological polar surface area (TPSA) is 229 Å². The Balaban J connectivity index is 0.969. The lowest BCUT2D eigenvalue weighted by Crippen LogP contribution is -2.27. The fraction of sp³-hybridized carbons (Fsp3) is 0.467. The molecule has 0 bridgehead atoms. The minimum Gasteiger partial charge on any atom is -0.481 e. The van der Waals surface area contributed by atoms with E-state index in [4.69, 9.17) is 13.6 Å². The maximum atomic E-state index is 12.2. The molecular formula is C45H51N7O9. The molecule has 0 amide bonds. The van der Waals surface area contributed by atoms with Gasteiger partial charge in [-0.3, -0.25) is 19.3 Å². The summed E-state index contributed by atoms with van der Waals surface area (Å²) in [6.45, 7) is 6.01. The molecule has 3 aliphatic rings. The minimum atomic E-state index is -0.825. The quantitative estimate of drug-likeness (QED) is 0.0679. The van der Waals surface area contributed by atoms with Gasteiger partial charge >= 0.3 is 17.9 Å². The van der Waals surface area contributed by atoms with Crippen LogP contribution in [0.5, 0.6) is 0 Å². The van der Waals surface area contributed by atoms with Crippen molar-refractivity contribution in [2.24, 2.45) is 35.5 Å². The number of aromatic nitrogens is 3. The number of fused-ring (bicyclic) bond motifs is 3. The summed E-state index contributed by atoms with van der Waals surface area (Å²) in [5.41, 5.74) is 6.61. The largest absolute Gasteiger partial charge is 0.481 e. The third-order valence-electron chi connectivity index (χ3n) is 13.2. The van der Waals surface area contributed by atoms with Crippen molar-refractivity contribution in [2.75, 3.05) is 39.3 Å². The van der Waals surface area contributed by atoms with Gasteiger partial charge in [0.25, 0.3) is 0 Å². The Labute approximate surface area is 351 Å². The first-order chi connectivity index (χ1) is 29.7.